The van der Waals surface area contributed by atoms with Crippen molar-refractivity contribution in [2.45, 2.75) is 86.7 Å². The van der Waals surface area contributed by atoms with E-state index >= 15 is 0 Å². The summed E-state index contributed by atoms with van der Waals surface area (Å²) in [5.74, 6) is 1.69. The third-order valence-corrected chi connectivity index (χ3v) is 4.00. The van der Waals surface area contributed by atoms with E-state index in [1.807, 2.05) is 13.8 Å². The number of hydrogen-bond donors (Lipinski definition) is 1. The number of hydrogen-bond acceptors (Lipinski definition) is 3. The summed E-state index contributed by atoms with van der Waals surface area (Å²) in [7, 11) is 1.00. The molecular formula is C23H44O3. The maximum atomic E-state index is 7.00. The fourth-order valence-electron chi connectivity index (χ4n) is 2.28. The summed E-state index contributed by atoms with van der Waals surface area (Å²) in [6.07, 6.45) is 4.12. The Labute approximate surface area is 163 Å². The number of aryl methyl sites for hydroxylation is 2. The Bertz CT molecular complexity index is 417. The Morgan fingerprint density at radius 1 is 0.923 bits per heavy atom. The van der Waals surface area contributed by atoms with Crippen LogP contribution in [0.4, 0.5) is 0 Å². The average Bonchev–Trinajstić information content (AvgIpc) is 2.64. The summed E-state index contributed by atoms with van der Waals surface area (Å²) in [6, 6.07) is 6.59. The Morgan fingerprint density at radius 2 is 1.42 bits per heavy atom. The summed E-state index contributed by atoms with van der Waals surface area (Å²) in [5, 5.41) is 7.00. The van der Waals surface area contributed by atoms with Crippen molar-refractivity contribution in [1.82, 2.24) is 0 Å². The van der Waals surface area contributed by atoms with E-state index in [4.69, 9.17) is 14.6 Å². The molecular weight excluding hydrogens is 324 g/mol. The fourth-order valence-corrected chi connectivity index (χ4v) is 2.28. The lowest BCUT2D eigenvalue weighted by atomic mass is 10.0. The number of rotatable bonds is 10. The zero-order valence-electron chi connectivity index (χ0n) is 18.8. The van der Waals surface area contributed by atoms with E-state index in [0.717, 1.165) is 45.1 Å². The van der Waals surface area contributed by atoms with Gasteiger partial charge in [-0.3, -0.25) is 0 Å². The van der Waals surface area contributed by atoms with E-state index in [1.54, 1.807) is 0 Å². The highest BCUT2D eigenvalue weighted by atomic mass is 16.5. The van der Waals surface area contributed by atoms with Crippen LogP contribution in [0.25, 0.3) is 0 Å². The normalized spacial score (nSPS) is 10.6. The first-order valence-electron chi connectivity index (χ1n) is 10.2. The monoisotopic (exact) mass is 368 g/mol. The summed E-state index contributed by atoms with van der Waals surface area (Å²) in [4.78, 5) is 0. The van der Waals surface area contributed by atoms with E-state index in [9.17, 15) is 0 Å². The smallest absolute Gasteiger partial charge is 0.119 e. The minimum atomic E-state index is -0.120. The fraction of sp³-hybridized carbons (Fsp3) is 0.739. The van der Waals surface area contributed by atoms with E-state index < -0.39 is 0 Å². The van der Waals surface area contributed by atoms with Crippen LogP contribution in [0.2, 0.25) is 0 Å². The van der Waals surface area contributed by atoms with E-state index in [1.165, 1.54) is 11.1 Å². The molecule has 0 fully saturated rings. The molecule has 0 bridgehead atoms. The first-order chi connectivity index (χ1) is 12.4. The van der Waals surface area contributed by atoms with Crippen LogP contribution in [-0.4, -0.2) is 31.0 Å². The molecule has 0 saturated heterocycles. The Balaban J connectivity index is 0. The molecule has 0 aliphatic heterocycles. The second kappa shape index (κ2) is 16.1. The highest BCUT2D eigenvalue weighted by Crippen LogP contribution is 2.21. The van der Waals surface area contributed by atoms with E-state index in [0.29, 0.717) is 12.5 Å². The summed E-state index contributed by atoms with van der Waals surface area (Å²) >= 11 is 0. The molecule has 0 radical (unpaired) electrons. The zero-order chi connectivity index (χ0) is 20.6. The van der Waals surface area contributed by atoms with Crippen molar-refractivity contribution in [3.8, 4) is 5.75 Å². The molecule has 0 unspecified atom stereocenters. The van der Waals surface area contributed by atoms with Crippen molar-refractivity contribution in [2.24, 2.45) is 5.92 Å². The molecule has 0 amide bonds. The van der Waals surface area contributed by atoms with Gasteiger partial charge in [-0.15, -0.1) is 0 Å². The Morgan fingerprint density at radius 3 is 1.85 bits per heavy atom. The number of aliphatic hydroxyl groups excluding tert-OH is 1. The average molecular weight is 369 g/mol. The number of benzene rings is 1. The van der Waals surface area contributed by atoms with Gasteiger partial charge in [0, 0.05) is 20.1 Å². The van der Waals surface area contributed by atoms with Crippen LogP contribution >= 0.6 is 0 Å². The number of aliphatic hydroxyl groups is 1. The molecule has 0 aromatic heterocycles. The molecule has 0 atom stereocenters. The van der Waals surface area contributed by atoms with E-state index in [-0.39, 0.29) is 5.60 Å². The lowest BCUT2D eigenvalue weighted by Crippen LogP contribution is -2.27. The Hall–Kier alpha value is -1.06. The number of ether oxygens (including phenoxy) is 2. The quantitative estimate of drug-likeness (QED) is 0.546. The first-order valence-corrected chi connectivity index (χ1v) is 10.2. The molecule has 3 nitrogen and oxygen atoms in total. The molecule has 26 heavy (non-hydrogen) atoms. The van der Waals surface area contributed by atoms with Crippen LogP contribution in [0, 0.1) is 5.92 Å². The van der Waals surface area contributed by atoms with Gasteiger partial charge < -0.3 is 14.6 Å². The minimum absolute atomic E-state index is 0.120. The van der Waals surface area contributed by atoms with Gasteiger partial charge in [-0.2, -0.15) is 0 Å². The Kier molecular flexibility index (Phi) is 16.9. The molecule has 0 saturated carbocycles. The molecule has 1 aromatic carbocycles. The second-order valence-corrected chi connectivity index (χ2v) is 7.08. The molecule has 154 valence electrons. The lowest BCUT2D eigenvalue weighted by molar-refractivity contribution is -0.0346. The maximum absolute atomic E-state index is 7.00. The van der Waals surface area contributed by atoms with Gasteiger partial charge in [-0.1, -0.05) is 47.6 Å². The van der Waals surface area contributed by atoms with Gasteiger partial charge >= 0.3 is 0 Å². The van der Waals surface area contributed by atoms with Crippen LogP contribution in [-0.2, 0) is 17.6 Å². The summed E-state index contributed by atoms with van der Waals surface area (Å²) in [5.41, 5.74) is 2.58. The van der Waals surface area contributed by atoms with Crippen molar-refractivity contribution in [3.63, 3.8) is 0 Å². The molecule has 1 rings (SSSR count). The van der Waals surface area contributed by atoms with Crippen LogP contribution < -0.4 is 4.74 Å². The molecule has 0 aliphatic rings. The van der Waals surface area contributed by atoms with Crippen molar-refractivity contribution >= 4 is 0 Å². The van der Waals surface area contributed by atoms with Crippen molar-refractivity contribution in [1.29, 1.82) is 0 Å². The highest BCUT2D eigenvalue weighted by molar-refractivity contribution is 5.34. The van der Waals surface area contributed by atoms with Gasteiger partial charge in [-0.25, -0.2) is 0 Å². The summed E-state index contributed by atoms with van der Waals surface area (Å²) < 4.78 is 12.0. The van der Waals surface area contributed by atoms with Crippen molar-refractivity contribution in [3.05, 3.63) is 29.3 Å². The predicted molar refractivity (Wildman–Crippen MR) is 114 cm³/mol. The molecule has 1 aromatic rings. The third-order valence-electron chi connectivity index (χ3n) is 4.00. The van der Waals surface area contributed by atoms with Crippen LogP contribution in [0.3, 0.4) is 0 Å². The van der Waals surface area contributed by atoms with E-state index in [2.05, 4.69) is 59.7 Å². The highest BCUT2D eigenvalue weighted by Gasteiger charge is 2.18. The zero-order valence-corrected chi connectivity index (χ0v) is 18.8. The van der Waals surface area contributed by atoms with Gasteiger partial charge in [-0.05, 0) is 62.3 Å². The predicted octanol–water partition coefficient (Wildman–Crippen LogP) is 6.06. The van der Waals surface area contributed by atoms with Gasteiger partial charge in [0.25, 0.3) is 0 Å². The molecule has 0 aliphatic carbocycles. The largest absolute Gasteiger partial charge is 0.493 e. The van der Waals surface area contributed by atoms with Crippen molar-refractivity contribution < 1.29 is 14.6 Å². The minimum Gasteiger partial charge on any atom is -0.493 e. The second-order valence-electron chi connectivity index (χ2n) is 7.08. The molecule has 1 N–H and O–H groups in total. The van der Waals surface area contributed by atoms with Crippen LogP contribution in [0.5, 0.6) is 5.75 Å². The standard InChI is InChI=1S/C20H34O2.C2H6.CH4O/c1-7-17-13-18(8-2)15-19(14-17)21-12-10-20(5,6)22-11-9-16(3)4;2*1-2/h13-16H,7-12H2,1-6H3;1-2H3;2H,1H3. The van der Waals surface area contributed by atoms with Gasteiger partial charge in [0.2, 0.25) is 0 Å². The molecule has 0 heterocycles. The van der Waals surface area contributed by atoms with Crippen molar-refractivity contribution in [2.75, 3.05) is 20.3 Å². The van der Waals surface area contributed by atoms with Gasteiger partial charge in [0.05, 0.1) is 12.2 Å². The first kappa shape index (κ1) is 27.2. The third kappa shape index (κ3) is 13.2. The lowest BCUT2D eigenvalue weighted by Gasteiger charge is -2.26. The maximum Gasteiger partial charge on any atom is 0.119 e. The van der Waals surface area contributed by atoms with Crippen LogP contribution in [0.1, 0.15) is 79.4 Å². The van der Waals surface area contributed by atoms with Gasteiger partial charge in [0.1, 0.15) is 5.75 Å². The SMILES string of the molecule is CC.CCc1cc(CC)cc(OCCC(C)(C)OCCC(C)C)c1.CO. The van der Waals surface area contributed by atoms with Gasteiger partial charge in [0.15, 0.2) is 0 Å². The molecule has 0 spiro atoms. The topological polar surface area (TPSA) is 38.7 Å². The summed E-state index contributed by atoms with van der Waals surface area (Å²) in [6.45, 7) is 18.7. The molecule has 3 heteroatoms. The van der Waals surface area contributed by atoms with Crippen LogP contribution in [0.15, 0.2) is 18.2 Å².